The van der Waals surface area contributed by atoms with Gasteiger partial charge < -0.3 is 5.32 Å². The maximum Gasteiger partial charge on any atom is 0.251 e. The number of likely N-dealkylation sites (tertiary alicyclic amines) is 1. The van der Waals surface area contributed by atoms with Gasteiger partial charge in [-0.05, 0) is 32.2 Å². The lowest BCUT2D eigenvalue weighted by atomic mass is 10.2. The average molecular weight is 204 g/mol. The summed E-state index contributed by atoms with van der Waals surface area (Å²) in [7, 11) is 0. The monoisotopic (exact) mass is 204 g/mol. The molecule has 0 spiro atoms. The minimum absolute atomic E-state index is 0.0446. The van der Waals surface area contributed by atoms with Crippen LogP contribution in [-0.2, 0) is 0 Å². The van der Waals surface area contributed by atoms with E-state index in [9.17, 15) is 8.78 Å². The van der Waals surface area contributed by atoms with Crippen molar-refractivity contribution in [1.82, 2.24) is 10.2 Å². The molecule has 1 atom stereocenters. The first kappa shape index (κ1) is 10.3. The molecule has 1 N–H and O–H groups in total. The van der Waals surface area contributed by atoms with Crippen LogP contribution in [0.2, 0.25) is 0 Å². The van der Waals surface area contributed by atoms with Crippen LogP contribution in [-0.4, -0.2) is 43.0 Å². The Kier molecular flexibility index (Phi) is 3.34. The summed E-state index contributed by atoms with van der Waals surface area (Å²) in [4.78, 5) is 1.93. The number of alkyl halides is 2. The number of nitrogens with zero attached hydrogens (tertiary/aromatic N) is 1. The van der Waals surface area contributed by atoms with Crippen LogP contribution in [0.5, 0.6) is 0 Å². The summed E-state index contributed by atoms with van der Waals surface area (Å²) in [6.07, 6.45) is 2.50. The first-order valence-corrected chi connectivity index (χ1v) is 5.51. The summed E-state index contributed by atoms with van der Waals surface area (Å²) in [5, 5.41) is 3.42. The van der Waals surface area contributed by atoms with Crippen LogP contribution in [0.4, 0.5) is 8.78 Å². The van der Waals surface area contributed by atoms with Crippen LogP contribution in [0.3, 0.4) is 0 Å². The Bertz CT molecular complexity index is 183. The van der Waals surface area contributed by atoms with Gasteiger partial charge in [-0.15, -0.1) is 0 Å². The molecule has 4 heteroatoms. The van der Waals surface area contributed by atoms with E-state index in [1.807, 2.05) is 4.90 Å². The molecule has 2 rings (SSSR count). The van der Waals surface area contributed by atoms with E-state index in [1.54, 1.807) is 0 Å². The van der Waals surface area contributed by atoms with Gasteiger partial charge in [0.05, 0.1) is 6.54 Å². The third-order valence-electron chi connectivity index (χ3n) is 3.09. The van der Waals surface area contributed by atoms with E-state index in [0.29, 0.717) is 12.1 Å². The van der Waals surface area contributed by atoms with Gasteiger partial charge in [0.25, 0.3) is 6.43 Å². The quantitative estimate of drug-likeness (QED) is 0.729. The fourth-order valence-electron chi connectivity index (χ4n) is 2.13. The normalized spacial score (nSPS) is 28.9. The van der Waals surface area contributed by atoms with Gasteiger partial charge in [0.15, 0.2) is 0 Å². The van der Waals surface area contributed by atoms with Crippen molar-refractivity contribution in [2.75, 3.05) is 19.6 Å². The molecular formula is C10H18F2N2. The molecule has 1 aliphatic heterocycles. The molecule has 0 aromatic heterocycles. The summed E-state index contributed by atoms with van der Waals surface area (Å²) in [6, 6.07) is 1.04. The predicted octanol–water partition coefficient (Wildman–Crippen LogP) is 1.47. The fraction of sp³-hybridized carbons (Fsp3) is 1.00. The Morgan fingerprint density at radius 1 is 1.29 bits per heavy atom. The maximum absolute atomic E-state index is 12.2. The predicted molar refractivity (Wildman–Crippen MR) is 51.6 cm³/mol. The molecule has 1 saturated heterocycles. The summed E-state index contributed by atoms with van der Waals surface area (Å²) in [5.74, 6) is 0. The van der Waals surface area contributed by atoms with E-state index in [-0.39, 0.29) is 6.54 Å². The lowest BCUT2D eigenvalue weighted by Crippen LogP contribution is -2.40. The first-order chi connectivity index (χ1) is 6.75. The second kappa shape index (κ2) is 4.53. The molecule has 14 heavy (non-hydrogen) atoms. The smallest absolute Gasteiger partial charge is 0.251 e. The zero-order chi connectivity index (χ0) is 9.97. The van der Waals surface area contributed by atoms with E-state index in [2.05, 4.69) is 5.32 Å². The third-order valence-corrected chi connectivity index (χ3v) is 3.09. The zero-order valence-corrected chi connectivity index (χ0v) is 8.38. The largest absolute Gasteiger partial charge is 0.312 e. The van der Waals surface area contributed by atoms with Gasteiger partial charge in [0, 0.05) is 18.6 Å². The Balaban J connectivity index is 1.71. The molecule has 1 saturated carbocycles. The van der Waals surface area contributed by atoms with Gasteiger partial charge in [-0.1, -0.05) is 0 Å². The van der Waals surface area contributed by atoms with Crippen LogP contribution in [0, 0.1) is 0 Å². The topological polar surface area (TPSA) is 15.3 Å². The highest BCUT2D eigenvalue weighted by molar-refractivity contribution is 4.86. The standard InChI is InChI=1S/C10H18F2N2/c11-10(12)7-14-5-1-2-9(14)6-13-8-3-4-8/h8-10,13H,1-7H2. The molecule has 0 amide bonds. The second-order valence-electron chi connectivity index (χ2n) is 4.36. The van der Waals surface area contributed by atoms with E-state index < -0.39 is 6.43 Å². The van der Waals surface area contributed by atoms with Gasteiger partial charge in [-0.2, -0.15) is 0 Å². The van der Waals surface area contributed by atoms with Crippen molar-refractivity contribution in [3.05, 3.63) is 0 Å². The molecule has 1 unspecified atom stereocenters. The molecular weight excluding hydrogens is 186 g/mol. The van der Waals surface area contributed by atoms with Crippen molar-refractivity contribution < 1.29 is 8.78 Å². The highest BCUT2D eigenvalue weighted by atomic mass is 19.3. The molecule has 0 aromatic carbocycles. The number of hydrogen-bond acceptors (Lipinski definition) is 2. The summed E-state index contributed by atoms with van der Waals surface area (Å²) >= 11 is 0. The highest BCUT2D eigenvalue weighted by Gasteiger charge is 2.28. The van der Waals surface area contributed by atoms with Crippen LogP contribution in [0.15, 0.2) is 0 Å². The third kappa shape index (κ3) is 2.89. The minimum atomic E-state index is -2.18. The molecule has 2 nitrogen and oxygen atoms in total. The lowest BCUT2D eigenvalue weighted by Gasteiger charge is -2.24. The van der Waals surface area contributed by atoms with Crippen molar-refractivity contribution in [3.8, 4) is 0 Å². The Hall–Kier alpha value is -0.220. The second-order valence-corrected chi connectivity index (χ2v) is 4.36. The first-order valence-electron chi connectivity index (χ1n) is 5.51. The number of rotatable bonds is 5. The molecule has 1 aliphatic carbocycles. The lowest BCUT2D eigenvalue weighted by molar-refractivity contribution is 0.0820. The summed E-state index contributed by atoms with van der Waals surface area (Å²) in [6.45, 7) is 1.70. The van der Waals surface area contributed by atoms with Crippen molar-refractivity contribution in [2.24, 2.45) is 0 Å². The molecule has 0 bridgehead atoms. The summed E-state index contributed by atoms with van der Waals surface area (Å²) in [5.41, 5.74) is 0. The van der Waals surface area contributed by atoms with Crippen LogP contribution < -0.4 is 5.32 Å². The number of halogens is 2. The zero-order valence-electron chi connectivity index (χ0n) is 8.38. The Morgan fingerprint density at radius 2 is 2.07 bits per heavy atom. The van der Waals surface area contributed by atoms with Crippen LogP contribution in [0.1, 0.15) is 25.7 Å². The fourth-order valence-corrected chi connectivity index (χ4v) is 2.13. The van der Waals surface area contributed by atoms with Gasteiger partial charge in [-0.3, -0.25) is 4.90 Å². The highest BCUT2D eigenvalue weighted by Crippen LogP contribution is 2.21. The van der Waals surface area contributed by atoms with Crippen molar-refractivity contribution in [1.29, 1.82) is 0 Å². The van der Waals surface area contributed by atoms with Gasteiger partial charge in [-0.25, -0.2) is 8.78 Å². The van der Waals surface area contributed by atoms with E-state index >= 15 is 0 Å². The van der Waals surface area contributed by atoms with Gasteiger partial charge in [0.1, 0.15) is 0 Å². The van der Waals surface area contributed by atoms with E-state index in [1.165, 1.54) is 12.8 Å². The van der Waals surface area contributed by atoms with Crippen molar-refractivity contribution in [3.63, 3.8) is 0 Å². The Morgan fingerprint density at radius 3 is 2.71 bits per heavy atom. The molecule has 0 radical (unpaired) electrons. The molecule has 0 aromatic rings. The van der Waals surface area contributed by atoms with Gasteiger partial charge >= 0.3 is 0 Å². The maximum atomic E-state index is 12.2. The van der Waals surface area contributed by atoms with E-state index in [4.69, 9.17) is 0 Å². The molecule has 82 valence electrons. The summed E-state index contributed by atoms with van der Waals surface area (Å²) < 4.78 is 24.4. The van der Waals surface area contributed by atoms with Crippen LogP contribution >= 0.6 is 0 Å². The Labute approximate surface area is 83.7 Å². The minimum Gasteiger partial charge on any atom is -0.312 e. The SMILES string of the molecule is FC(F)CN1CCCC1CNC1CC1. The van der Waals surface area contributed by atoms with Crippen molar-refractivity contribution >= 4 is 0 Å². The molecule has 2 fully saturated rings. The molecule has 2 aliphatic rings. The van der Waals surface area contributed by atoms with E-state index in [0.717, 1.165) is 25.9 Å². The average Bonchev–Trinajstić information content (AvgIpc) is 2.85. The van der Waals surface area contributed by atoms with Gasteiger partial charge in [0.2, 0.25) is 0 Å². The van der Waals surface area contributed by atoms with Crippen molar-refractivity contribution in [2.45, 2.75) is 44.2 Å². The van der Waals surface area contributed by atoms with Crippen LogP contribution in [0.25, 0.3) is 0 Å². The number of nitrogens with one attached hydrogen (secondary N) is 1. The number of hydrogen-bond donors (Lipinski definition) is 1. The molecule has 1 heterocycles.